The van der Waals surface area contributed by atoms with Gasteiger partial charge in [0, 0.05) is 4.47 Å². The van der Waals surface area contributed by atoms with Crippen molar-refractivity contribution in [1.29, 1.82) is 0 Å². The van der Waals surface area contributed by atoms with E-state index in [1.165, 1.54) is 22.3 Å². The Morgan fingerprint density at radius 2 is 1.81 bits per heavy atom. The predicted molar refractivity (Wildman–Crippen MR) is 72.9 cm³/mol. The van der Waals surface area contributed by atoms with Crippen molar-refractivity contribution in [2.75, 3.05) is 0 Å². The van der Waals surface area contributed by atoms with Crippen LogP contribution in [0.1, 0.15) is 22.3 Å². The zero-order chi connectivity index (χ0) is 11.5. The fraction of sp³-hybridized carbons (Fsp3) is 0.200. The fourth-order valence-electron chi connectivity index (χ4n) is 1.87. The summed E-state index contributed by atoms with van der Waals surface area (Å²) in [5.74, 6) is 0. The monoisotopic (exact) mass is 274 g/mol. The van der Waals surface area contributed by atoms with E-state index in [9.17, 15) is 0 Å². The Bertz CT molecular complexity index is 501. The van der Waals surface area contributed by atoms with E-state index in [-0.39, 0.29) is 0 Å². The Hall–Kier alpha value is -1.08. The first kappa shape index (κ1) is 11.4. The molecule has 0 saturated carbocycles. The van der Waals surface area contributed by atoms with Crippen molar-refractivity contribution >= 4 is 15.9 Å². The lowest BCUT2D eigenvalue weighted by Crippen LogP contribution is -1.92. The molecular weight excluding hydrogens is 260 g/mol. The van der Waals surface area contributed by atoms with Gasteiger partial charge >= 0.3 is 0 Å². The first-order valence-electron chi connectivity index (χ1n) is 5.46. The summed E-state index contributed by atoms with van der Waals surface area (Å²) in [7, 11) is 0. The van der Waals surface area contributed by atoms with E-state index in [0.717, 1.165) is 10.9 Å². The van der Waals surface area contributed by atoms with Crippen LogP contribution in [0.4, 0.5) is 0 Å². The van der Waals surface area contributed by atoms with Crippen molar-refractivity contribution in [3.8, 4) is 0 Å². The van der Waals surface area contributed by atoms with Crippen molar-refractivity contribution in [3.05, 3.63) is 69.2 Å². The summed E-state index contributed by atoms with van der Waals surface area (Å²) in [6.07, 6.45) is 1.01. The Kier molecular flexibility index (Phi) is 3.45. The lowest BCUT2D eigenvalue weighted by Gasteiger charge is -2.07. The van der Waals surface area contributed by atoms with E-state index in [1.54, 1.807) is 0 Å². The van der Waals surface area contributed by atoms with Gasteiger partial charge in [-0.3, -0.25) is 0 Å². The number of rotatable bonds is 2. The summed E-state index contributed by atoms with van der Waals surface area (Å²) in [6.45, 7) is 4.30. The van der Waals surface area contributed by atoms with Gasteiger partial charge in [-0.25, -0.2) is 0 Å². The largest absolute Gasteiger partial charge is 0.0617 e. The molecule has 0 radical (unpaired) electrons. The number of halogens is 1. The third-order valence-electron chi connectivity index (χ3n) is 2.79. The molecule has 0 saturated heterocycles. The molecule has 0 atom stereocenters. The van der Waals surface area contributed by atoms with Crippen LogP contribution >= 0.6 is 15.9 Å². The molecule has 0 amide bonds. The molecule has 0 N–H and O–H groups in total. The van der Waals surface area contributed by atoms with Gasteiger partial charge in [0.15, 0.2) is 0 Å². The van der Waals surface area contributed by atoms with E-state index in [4.69, 9.17) is 0 Å². The van der Waals surface area contributed by atoms with Gasteiger partial charge in [0.2, 0.25) is 0 Å². The minimum atomic E-state index is 1.01. The maximum atomic E-state index is 3.52. The van der Waals surface area contributed by atoms with E-state index in [2.05, 4.69) is 72.2 Å². The lowest BCUT2D eigenvalue weighted by molar-refractivity contribution is 1.14. The molecule has 0 nitrogen and oxygen atoms in total. The molecule has 2 rings (SSSR count). The van der Waals surface area contributed by atoms with Crippen LogP contribution in [0.15, 0.2) is 46.9 Å². The van der Waals surface area contributed by atoms with Crippen LogP contribution in [-0.4, -0.2) is 0 Å². The van der Waals surface area contributed by atoms with Gasteiger partial charge in [0.1, 0.15) is 0 Å². The molecular formula is C15H15Br. The Labute approximate surface area is 105 Å². The fourth-order valence-corrected chi connectivity index (χ4v) is 2.28. The Morgan fingerprint density at radius 3 is 2.56 bits per heavy atom. The average Bonchev–Trinajstić information content (AvgIpc) is 2.24. The van der Waals surface area contributed by atoms with Crippen LogP contribution in [0.25, 0.3) is 0 Å². The highest BCUT2D eigenvalue weighted by molar-refractivity contribution is 9.10. The van der Waals surface area contributed by atoms with Crippen LogP contribution in [0.2, 0.25) is 0 Å². The normalized spacial score (nSPS) is 10.4. The molecule has 0 fully saturated rings. The van der Waals surface area contributed by atoms with Crippen LogP contribution in [-0.2, 0) is 6.42 Å². The SMILES string of the molecule is Cc1cccc(Cc2cc(Br)ccc2C)c1. The van der Waals surface area contributed by atoms with E-state index >= 15 is 0 Å². The van der Waals surface area contributed by atoms with Gasteiger partial charge in [0.05, 0.1) is 0 Å². The molecule has 0 bridgehead atoms. The standard InChI is InChI=1S/C15H15Br/c1-11-4-3-5-13(8-11)9-14-10-15(16)7-6-12(14)2/h3-8,10H,9H2,1-2H3. The van der Waals surface area contributed by atoms with Gasteiger partial charge in [0.25, 0.3) is 0 Å². The molecule has 2 aromatic carbocycles. The van der Waals surface area contributed by atoms with Crippen molar-refractivity contribution in [2.24, 2.45) is 0 Å². The van der Waals surface area contributed by atoms with Crippen molar-refractivity contribution in [2.45, 2.75) is 20.3 Å². The molecule has 0 unspecified atom stereocenters. The topological polar surface area (TPSA) is 0 Å². The van der Waals surface area contributed by atoms with Crippen LogP contribution in [0.5, 0.6) is 0 Å². The minimum Gasteiger partial charge on any atom is -0.0617 e. The third-order valence-corrected chi connectivity index (χ3v) is 3.28. The molecule has 2 aromatic rings. The second kappa shape index (κ2) is 4.84. The first-order chi connectivity index (χ1) is 7.65. The van der Waals surface area contributed by atoms with Crippen LogP contribution in [0.3, 0.4) is 0 Å². The highest BCUT2D eigenvalue weighted by Crippen LogP contribution is 2.19. The second-order valence-electron chi connectivity index (χ2n) is 4.24. The predicted octanol–water partition coefficient (Wildman–Crippen LogP) is 4.66. The molecule has 82 valence electrons. The molecule has 0 aromatic heterocycles. The first-order valence-corrected chi connectivity index (χ1v) is 6.25. The Balaban J connectivity index is 2.30. The minimum absolute atomic E-state index is 1.01. The number of benzene rings is 2. The summed E-state index contributed by atoms with van der Waals surface area (Å²) in [4.78, 5) is 0. The summed E-state index contributed by atoms with van der Waals surface area (Å²) < 4.78 is 1.15. The molecule has 0 aliphatic carbocycles. The average molecular weight is 275 g/mol. The van der Waals surface area contributed by atoms with Gasteiger partial charge in [-0.2, -0.15) is 0 Å². The van der Waals surface area contributed by atoms with Crippen molar-refractivity contribution < 1.29 is 0 Å². The molecule has 0 spiro atoms. The van der Waals surface area contributed by atoms with Gasteiger partial charge in [-0.1, -0.05) is 51.8 Å². The van der Waals surface area contributed by atoms with Crippen LogP contribution in [0, 0.1) is 13.8 Å². The van der Waals surface area contributed by atoms with Gasteiger partial charge < -0.3 is 0 Å². The lowest BCUT2D eigenvalue weighted by atomic mass is 10.00. The Morgan fingerprint density at radius 1 is 1.00 bits per heavy atom. The highest BCUT2D eigenvalue weighted by Gasteiger charge is 2.01. The maximum Gasteiger partial charge on any atom is 0.0178 e. The maximum absolute atomic E-state index is 3.52. The van der Waals surface area contributed by atoms with E-state index in [1.807, 2.05) is 0 Å². The third kappa shape index (κ3) is 2.73. The van der Waals surface area contributed by atoms with E-state index < -0.39 is 0 Å². The molecule has 0 aliphatic heterocycles. The molecule has 0 aliphatic rings. The van der Waals surface area contributed by atoms with Crippen molar-refractivity contribution in [3.63, 3.8) is 0 Å². The van der Waals surface area contributed by atoms with Gasteiger partial charge in [-0.05, 0) is 49.1 Å². The quantitative estimate of drug-likeness (QED) is 0.748. The second-order valence-corrected chi connectivity index (χ2v) is 5.15. The molecule has 0 heterocycles. The number of hydrogen-bond donors (Lipinski definition) is 0. The van der Waals surface area contributed by atoms with E-state index in [0.29, 0.717) is 0 Å². The van der Waals surface area contributed by atoms with Crippen molar-refractivity contribution in [1.82, 2.24) is 0 Å². The van der Waals surface area contributed by atoms with Crippen LogP contribution < -0.4 is 0 Å². The highest BCUT2D eigenvalue weighted by atomic mass is 79.9. The summed E-state index contributed by atoms with van der Waals surface area (Å²) >= 11 is 3.52. The zero-order valence-corrected chi connectivity index (χ0v) is 11.2. The zero-order valence-electron chi connectivity index (χ0n) is 9.63. The van der Waals surface area contributed by atoms with Gasteiger partial charge in [-0.15, -0.1) is 0 Å². The molecule has 16 heavy (non-hydrogen) atoms. The molecule has 1 heteroatoms. The smallest absolute Gasteiger partial charge is 0.0178 e. The number of hydrogen-bond acceptors (Lipinski definition) is 0. The summed E-state index contributed by atoms with van der Waals surface area (Å²) in [5, 5.41) is 0. The summed E-state index contributed by atoms with van der Waals surface area (Å²) in [5.41, 5.74) is 5.44. The number of aryl methyl sites for hydroxylation is 2. The summed E-state index contributed by atoms with van der Waals surface area (Å²) in [6, 6.07) is 15.2.